The summed E-state index contributed by atoms with van der Waals surface area (Å²) in [5, 5.41) is 3.86. The molecular formula is C13H16BrClFNO. The fourth-order valence-corrected chi connectivity index (χ4v) is 2.36. The lowest BCUT2D eigenvalue weighted by Gasteiger charge is -2.21. The van der Waals surface area contributed by atoms with Crippen LogP contribution in [0.4, 0.5) is 4.39 Å². The van der Waals surface area contributed by atoms with Crippen LogP contribution in [0.1, 0.15) is 30.6 Å². The van der Waals surface area contributed by atoms with Crippen molar-refractivity contribution in [2.75, 3.05) is 5.33 Å². The first-order valence-electron chi connectivity index (χ1n) is 5.77. The van der Waals surface area contributed by atoms with Crippen LogP contribution in [-0.4, -0.2) is 17.3 Å². The molecule has 18 heavy (non-hydrogen) atoms. The minimum Gasteiger partial charge on any atom is -0.349 e. The quantitative estimate of drug-likeness (QED) is 0.809. The number of rotatable bonds is 5. The van der Waals surface area contributed by atoms with Gasteiger partial charge < -0.3 is 5.32 Å². The maximum absolute atomic E-state index is 12.9. The van der Waals surface area contributed by atoms with Crippen molar-refractivity contribution in [2.45, 2.75) is 26.3 Å². The lowest BCUT2D eigenvalue weighted by atomic mass is 10.0. The first-order chi connectivity index (χ1) is 8.45. The number of alkyl halides is 1. The third-order valence-corrected chi connectivity index (χ3v) is 3.49. The molecule has 0 saturated carbocycles. The minimum absolute atomic E-state index is 0.0676. The highest BCUT2D eigenvalue weighted by Crippen LogP contribution is 2.18. The molecule has 2 nitrogen and oxygen atoms in total. The van der Waals surface area contributed by atoms with Crippen molar-refractivity contribution in [3.05, 3.63) is 34.6 Å². The van der Waals surface area contributed by atoms with E-state index in [0.717, 1.165) is 17.8 Å². The maximum atomic E-state index is 12.9. The van der Waals surface area contributed by atoms with Crippen LogP contribution in [0.2, 0.25) is 5.02 Å². The summed E-state index contributed by atoms with van der Waals surface area (Å²) in [6.45, 7) is 4.08. The molecule has 0 aliphatic carbocycles. The Bertz CT molecular complexity index is 425. The van der Waals surface area contributed by atoms with E-state index in [1.54, 1.807) is 0 Å². The van der Waals surface area contributed by atoms with E-state index in [1.807, 2.05) is 13.8 Å². The van der Waals surface area contributed by atoms with Crippen LogP contribution in [0.15, 0.2) is 18.2 Å². The normalized spacial score (nSPS) is 12.6. The number of hydrogen-bond donors (Lipinski definition) is 1. The Morgan fingerprint density at radius 1 is 1.50 bits per heavy atom. The van der Waals surface area contributed by atoms with Gasteiger partial charge in [0.1, 0.15) is 5.82 Å². The van der Waals surface area contributed by atoms with Gasteiger partial charge in [0.25, 0.3) is 5.91 Å². The maximum Gasteiger partial charge on any atom is 0.253 e. The summed E-state index contributed by atoms with van der Waals surface area (Å²) in [7, 11) is 0. The van der Waals surface area contributed by atoms with Crippen molar-refractivity contribution < 1.29 is 9.18 Å². The van der Waals surface area contributed by atoms with Crippen molar-refractivity contribution in [3.8, 4) is 0 Å². The summed E-state index contributed by atoms with van der Waals surface area (Å²) in [6.07, 6.45) is 0.836. The SMILES string of the molecule is CC(C)C(CCBr)NC(=O)c1ccc(F)cc1Cl. The van der Waals surface area contributed by atoms with Crippen LogP contribution < -0.4 is 5.32 Å². The van der Waals surface area contributed by atoms with Crippen LogP contribution in [0.5, 0.6) is 0 Å². The standard InChI is InChI=1S/C13H16BrClFNO/c1-8(2)12(5-6-14)17-13(18)10-4-3-9(16)7-11(10)15/h3-4,7-8,12H,5-6H2,1-2H3,(H,17,18). The van der Waals surface area contributed by atoms with Crippen molar-refractivity contribution in [1.29, 1.82) is 0 Å². The van der Waals surface area contributed by atoms with E-state index in [9.17, 15) is 9.18 Å². The number of carbonyl (C=O) groups is 1. The lowest BCUT2D eigenvalue weighted by molar-refractivity contribution is 0.0925. The molecule has 1 rings (SSSR count). The molecule has 0 aromatic heterocycles. The van der Waals surface area contributed by atoms with Gasteiger partial charge in [-0.2, -0.15) is 0 Å². The Kier molecular flexibility index (Phi) is 6.09. The smallest absolute Gasteiger partial charge is 0.253 e. The van der Waals surface area contributed by atoms with Gasteiger partial charge in [0.05, 0.1) is 10.6 Å². The molecule has 0 spiro atoms. The van der Waals surface area contributed by atoms with Crippen LogP contribution in [-0.2, 0) is 0 Å². The van der Waals surface area contributed by atoms with Gasteiger partial charge in [0, 0.05) is 11.4 Å². The van der Waals surface area contributed by atoms with E-state index in [-0.39, 0.29) is 17.0 Å². The number of nitrogens with one attached hydrogen (secondary N) is 1. The molecule has 0 bridgehead atoms. The van der Waals surface area contributed by atoms with Crippen LogP contribution in [0.3, 0.4) is 0 Å². The number of benzene rings is 1. The zero-order valence-electron chi connectivity index (χ0n) is 10.3. The topological polar surface area (TPSA) is 29.1 Å². The molecular weight excluding hydrogens is 321 g/mol. The number of amides is 1. The zero-order valence-corrected chi connectivity index (χ0v) is 12.7. The van der Waals surface area contributed by atoms with Crippen LogP contribution >= 0.6 is 27.5 Å². The average molecular weight is 337 g/mol. The van der Waals surface area contributed by atoms with Crippen molar-refractivity contribution in [1.82, 2.24) is 5.32 Å². The van der Waals surface area contributed by atoms with E-state index in [0.29, 0.717) is 11.5 Å². The fraction of sp³-hybridized carbons (Fsp3) is 0.462. The molecule has 0 aliphatic rings. The van der Waals surface area contributed by atoms with E-state index < -0.39 is 5.82 Å². The summed E-state index contributed by atoms with van der Waals surface area (Å²) in [4.78, 5) is 12.0. The predicted octanol–water partition coefficient (Wildman–Crippen LogP) is 4.02. The first kappa shape index (κ1) is 15.4. The first-order valence-corrected chi connectivity index (χ1v) is 7.27. The van der Waals surface area contributed by atoms with Crippen molar-refractivity contribution >= 4 is 33.4 Å². The molecule has 0 saturated heterocycles. The van der Waals surface area contributed by atoms with E-state index in [4.69, 9.17) is 11.6 Å². The molecule has 1 aromatic rings. The second kappa shape index (κ2) is 7.10. The van der Waals surface area contributed by atoms with Gasteiger partial charge in [-0.1, -0.05) is 41.4 Å². The highest BCUT2D eigenvalue weighted by molar-refractivity contribution is 9.09. The van der Waals surface area contributed by atoms with E-state index in [2.05, 4.69) is 21.2 Å². The molecule has 0 fully saturated rings. The highest BCUT2D eigenvalue weighted by atomic mass is 79.9. The predicted molar refractivity (Wildman–Crippen MR) is 75.9 cm³/mol. The van der Waals surface area contributed by atoms with Gasteiger partial charge in [-0.3, -0.25) is 4.79 Å². The molecule has 0 heterocycles. The van der Waals surface area contributed by atoms with Gasteiger partial charge in [-0.25, -0.2) is 4.39 Å². The molecule has 1 atom stereocenters. The summed E-state index contributed by atoms with van der Waals surface area (Å²) in [6, 6.07) is 3.84. The summed E-state index contributed by atoms with van der Waals surface area (Å²) >= 11 is 9.22. The third kappa shape index (κ3) is 4.25. The zero-order chi connectivity index (χ0) is 13.7. The third-order valence-electron chi connectivity index (χ3n) is 2.72. The monoisotopic (exact) mass is 335 g/mol. The molecule has 5 heteroatoms. The molecule has 0 radical (unpaired) electrons. The van der Waals surface area contributed by atoms with E-state index >= 15 is 0 Å². The number of hydrogen-bond acceptors (Lipinski definition) is 1. The fourth-order valence-electron chi connectivity index (χ4n) is 1.61. The molecule has 1 unspecified atom stereocenters. The highest BCUT2D eigenvalue weighted by Gasteiger charge is 2.18. The Morgan fingerprint density at radius 2 is 2.17 bits per heavy atom. The Labute approximate surface area is 120 Å². The second-order valence-electron chi connectivity index (χ2n) is 4.43. The van der Waals surface area contributed by atoms with Crippen LogP contribution in [0.25, 0.3) is 0 Å². The molecule has 0 aliphatic heterocycles. The minimum atomic E-state index is -0.447. The Balaban J connectivity index is 2.80. The lowest BCUT2D eigenvalue weighted by Crippen LogP contribution is -2.38. The Morgan fingerprint density at radius 3 is 2.67 bits per heavy atom. The largest absolute Gasteiger partial charge is 0.349 e. The Hall–Kier alpha value is -0.610. The van der Waals surface area contributed by atoms with Crippen molar-refractivity contribution in [2.24, 2.45) is 5.92 Å². The molecule has 1 N–H and O–H groups in total. The summed E-state index contributed by atoms with van der Waals surface area (Å²) < 4.78 is 12.9. The molecule has 1 amide bonds. The van der Waals surface area contributed by atoms with Gasteiger partial charge >= 0.3 is 0 Å². The van der Waals surface area contributed by atoms with Crippen LogP contribution in [0, 0.1) is 11.7 Å². The van der Waals surface area contributed by atoms with Gasteiger partial charge in [0.2, 0.25) is 0 Å². The van der Waals surface area contributed by atoms with Gasteiger partial charge in [-0.05, 0) is 30.5 Å². The molecule has 100 valence electrons. The molecule has 1 aromatic carbocycles. The van der Waals surface area contributed by atoms with Crippen molar-refractivity contribution in [3.63, 3.8) is 0 Å². The number of carbonyl (C=O) groups excluding carboxylic acids is 1. The summed E-state index contributed by atoms with van der Waals surface area (Å²) in [5.74, 6) is -0.386. The summed E-state index contributed by atoms with van der Waals surface area (Å²) in [5.41, 5.74) is 0.304. The van der Waals surface area contributed by atoms with Gasteiger partial charge in [-0.15, -0.1) is 0 Å². The second-order valence-corrected chi connectivity index (χ2v) is 5.63. The van der Waals surface area contributed by atoms with E-state index in [1.165, 1.54) is 12.1 Å². The number of halogens is 3. The van der Waals surface area contributed by atoms with Gasteiger partial charge in [0.15, 0.2) is 0 Å². The average Bonchev–Trinajstić information content (AvgIpc) is 2.27.